The maximum atomic E-state index is 14.9. The zero-order valence-electron chi connectivity index (χ0n) is 19.8. The number of nitrogens with one attached hydrogen (secondary N) is 2. The predicted molar refractivity (Wildman–Crippen MR) is 133 cm³/mol. The number of nitrogen functional groups attached to an aromatic ring is 1. The van der Waals surface area contributed by atoms with Crippen LogP contribution in [0.5, 0.6) is 0 Å². The number of hydrogen-bond donors (Lipinski definition) is 3. The van der Waals surface area contributed by atoms with Crippen LogP contribution in [0, 0.1) is 5.82 Å². The summed E-state index contributed by atoms with van der Waals surface area (Å²) in [7, 11) is 0. The Labute approximate surface area is 216 Å². The fraction of sp³-hybridized carbons (Fsp3) is 0.304. The second kappa shape index (κ2) is 10.7. The molecule has 0 bridgehead atoms. The smallest absolute Gasteiger partial charge is 0.382 e. The Balaban J connectivity index is 1.50. The van der Waals surface area contributed by atoms with E-state index in [2.05, 4.69) is 25.4 Å². The molecule has 200 valence electrons. The first-order chi connectivity index (χ1) is 18.0. The Hall–Kier alpha value is -4.07. The molecule has 0 amide bonds. The van der Waals surface area contributed by atoms with Gasteiger partial charge in [0.25, 0.3) is 11.1 Å². The molecule has 10 nitrogen and oxygen atoms in total. The third-order valence-electron chi connectivity index (χ3n) is 5.87. The van der Waals surface area contributed by atoms with Crippen molar-refractivity contribution < 1.29 is 17.6 Å². The van der Waals surface area contributed by atoms with Crippen LogP contribution in [0.4, 0.5) is 29.1 Å². The SMILES string of the molecule is CCC(CCCn1cnc2cc(-c3ncc(Cl)c(N)n3)c(F)cc2c1=O)Nc1cn[nH]c(=O)c1C(F)(F)F. The van der Waals surface area contributed by atoms with Gasteiger partial charge in [-0.1, -0.05) is 18.5 Å². The molecule has 4 aromatic rings. The van der Waals surface area contributed by atoms with Crippen LogP contribution in [0.15, 0.2) is 40.4 Å². The molecule has 15 heteroatoms. The van der Waals surface area contributed by atoms with Crippen LogP contribution >= 0.6 is 11.6 Å². The highest BCUT2D eigenvalue weighted by Gasteiger charge is 2.37. The van der Waals surface area contributed by atoms with Gasteiger partial charge in [-0.05, 0) is 31.4 Å². The highest BCUT2D eigenvalue weighted by molar-refractivity contribution is 6.32. The first-order valence-corrected chi connectivity index (χ1v) is 11.8. The van der Waals surface area contributed by atoms with E-state index >= 15 is 0 Å². The summed E-state index contributed by atoms with van der Waals surface area (Å²) in [4.78, 5) is 36.8. The van der Waals surface area contributed by atoms with Gasteiger partial charge in [0, 0.05) is 12.6 Å². The highest BCUT2D eigenvalue weighted by atomic mass is 35.5. The molecule has 0 fully saturated rings. The normalized spacial score (nSPS) is 12.6. The highest BCUT2D eigenvalue weighted by Crippen LogP contribution is 2.32. The lowest BCUT2D eigenvalue weighted by molar-refractivity contribution is -0.138. The number of nitrogens with two attached hydrogens (primary N) is 1. The summed E-state index contributed by atoms with van der Waals surface area (Å²) in [5.74, 6) is -0.790. The van der Waals surface area contributed by atoms with Crippen LogP contribution in [0.2, 0.25) is 5.02 Å². The third-order valence-corrected chi connectivity index (χ3v) is 6.16. The Bertz CT molecular complexity index is 1610. The molecular weight excluding hydrogens is 532 g/mol. The van der Waals surface area contributed by atoms with Crippen molar-refractivity contribution in [3.63, 3.8) is 0 Å². The number of aromatic amines is 1. The molecule has 3 heterocycles. The molecule has 3 aromatic heterocycles. The average molecular weight is 553 g/mol. The maximum absolute atomic E-state index is 14.9. The summed E-state index contributed by atoms with van der Waals surface area (Å²) in [6, 6.07) is 1.94. The van der Waals surface area contributed by atoms with Gasteiger partial charge in [-0.2, -0.15) is 18.3 Å². The Morgan fingerprint density at radius 2 is 1.97 bits per heavy atom. The van der Waals surface area contributed by atoms with Gasteiger partial charge in [0.05, 0.1) is 40.9 Å². The molecule has 38 heavy (non-hydrogen) atoms. The van der Waals surface area contributed by atoms with Gasteiger partial charge in [0.15, 0.2) is 5.82 Å². The third kappa shape index (κ3) is 5.59. The number of anilines is 2. The summed E-state index contributed by atoms with van der Waals surface area (Å²) in [6.07, 6.45) is -0.203. The summed E-state index contributed by atoms with van der Waals surface area (Å²) in [5.41, 5.74) is 2.28. The summed E-state index contributed by atoms with van der Waals surface area (Å²) >= 11 is 5.82. The Morgan fingerprint density at radius 1 is 1.21 bits per heavy atom. The lowest BCUT2D eigenvalue weighted by Gasteiger charge is -2.20. The van der Waals surface area contributed by atoms with Crippen LogP contribution < -0.4 is 22.2 Å². The number of H-pyrrole nitrogens is 1. The van der Waals surface area contributed by atoms with Crippen LogP contribution in [-0.4, -0.2) is 35.8 Å². The molecule has 0 aliphatic heterocycles. The molecule has 0 saturated heterocycles. The molecule has 0 aliphatic carbocycles. The summed E-state index contributed by atoms with van der Waals surface area (Å²) < 4.78 is 56.1. The van der Waals surface area contributed by atoms with Crippen molar-refractivity contribution in [3.8, 4) is 11.4 Å². The number of alkyl halides is 3. The minimum Gasteiger partial charge on any atom is -0.382 e. The lowest BCUT2D eigenvalue weighted by Crippen LogP contribution is -2.28. The number of halogens is 5. The van der Waals surface area contributed by atoms with E-state index in [4.69, 9.17) is 17.3 Å². The fourth-order valence-corrected chi connectivity index (χ4v) is 4.01. The molecule has 0 spiro atoms. The van der Waals surface area contributed by atoms with E-state index < -0.39 is 40.4 Å². The standard InChI is InChI=1S/C23H21ClF4N8O2/c1-2-11(33-17-9-32-35-21(37)18(17)23(26,27)28)4-3-5-36-10-31-16-7-12(15(25)6-13(16)22(36)38)20-30-8-14(24)19(29)34-20/h6-11H,2-5H2,1H3,(H2,29,30,34)(H2,33,35,37). The number of aryl methyl sites for hydroxylation is 1. The largest absolute Gasteiger partial charge is 0.423 e. The van der Waals surface area contributed by atoms with Gasteiger partial charge in [-0.15, -0.1) is 0 Å². The van der Waals surface area contributed by atoms with Crippen LogP contribution in [0.1, 0.15) is 31.7 Å². The van der Waals surface area contributed by atoms with Gasteiger partial charge >= 0.3 is 6.18 Å². The maximum Gasteiger partial charge on any atom is 0.423 e. The second-order valence-corrected chi connectivity index (χ2v) is 8.80. The molecular formula is C23H21ClF4N8O2. The molecule has 0 saturated carbocycles. The average Bonchev–Trinajstić information content (AvgIpc) is 2.85. The van der Waals surface area contributed by atoms with Crippen molar-refractivity contribution in [2.75, 3.05) is 11.1 Å². The molecule has 1 unspecified atom stereocenters. The lowest BCUT2D eigenvalue weighted by atomic mass is 10.1. The van der Waals surface area contributed by atoms with Gasteiger partial charge in [-0.25, -0.2) is 24.4 Å². The fourth-order valence-electron chi connectivity index (χ4n) is 3.92. The molecule has 1 aromatic carbocycles. The van der Waals surface area contributed by atoms with Crippen molar-refractivity contribution in [3.05, 3.63) is 68.0 Å². The topological polar surface area (TPSA) is 144 Å². The first kappa shape index (κ1) is 27.0. The quantitative estimate of drug-likeness (QED) is 0.278. The molecule has 0 aliphatic rings. The number of benzene rings is 1. The Morgan fingerprint density at radius 3 is 2.66 bits per heavy atom. The minimum absolute atomic E-state index is 0.00477. The van der Waals surface area contributed by atoms with E-state index in [1.54, 1.807) is 12.0 Å². The zero-order chi connectivity index (χ0) is 27.6. The van der Waals surface area contributed by atoms with Crippen molar-refractivity contribution in [1.29, 1.82) is 0 Å². The number of rotatable bonds is 8. The number of fused-ring (bicyclic) bond motifs is 1. The number of hydrogen-bond acceptors (Lipinski definition) is 8. The van der Waals surface area contributed by atoms with Crippen LogP contribution in [-0.2, 0) is 12.7 Å². The van der Waals surface area contributed by atoms with Gasteiger partial charge < -0.3 is 11.1 Å². The molecule has 4 N–H and O–H groups in total. The number of aromatic nitrogens is 6. The van der Waals surface area contributed by atoms with Crippen LogP contribution in [0.3, 0.4) is 0 Å². The predicted octanol–water partition coefficient (Wildman–Crippen LogP) is 4.00. The Kier molecular flexibility index (Phi) is 7.62. The minimum atomic E-state index is -4.86. The number of nitrogens with zero attached hydrogens (tertiary/aromatic N) is 5. The van der Waals surface area contributed by atoms with E-state index in [9.17, 15) is 27.2 Å². The monoisotopic (exact) mass is 552 g/mol. The zero-order valence-corrected chi connectivity index (χ0v) is 20.6. The summed E-state index contributed by atoms with van der Waals surface area (Å²) in [5, 5.41) is 8.12. The van der Waals surface area contributed by atoms with Crippen LogP contribution in [0.25, 0.3) is 22.3 Å². The van der Waals surface area contributed by atoms with Crippen molar-refractivity contribution in [1.82, 2.24) is 29.7 Å². The van der Waals surface area contributed by atoms with E-state index in [-0.39, 0.29) is 39.7 Å². The second-order valence-electron chi connectivity index (χ2n) is 8.40. The molecule has 1 atom stereocenters. The van der Waals surface area contributed by atoms with Gasteiger partial charge in [0.2, 0.25) is 0 Å². The molecule has 0 radical (unpaired) electrons. The summed E-state index contributed by atoms with van der Waals surface area (Å²) in [6.45, 7) is 1.95. The van der Waals surface area contributed by atoms with Crippen molar-refractivity contribution in [2.24, 2.45) is 0 Å². The van der Waals surface area contributed by atoms with Crippen molar-refractivity contribution >= 4 is 34.0 Å². The first-order valence-electron chi connectivity index (χ1n) is 11.4. The van der Waals surface area contributed by atoms with E-state index in [0.29, 0.717) is 19.3 Å². The van der Waals surface area contributed by atoms with E-state index in [0.717, 1.165) is 12.3 Å². The van der Waals surface area contributed by atoms with E-state index in [1.807, 2.05) is 0 Å². The molecule has 4 rings (SSSR count). The van der Waals surface area contributed by atoms with Crippen molar-refractivity contribution in [2.45, 2.75) is 44.9 Å². The van der Waals surface area contributed by atoms with E-state index in [1.165, 1.54) is 23.2 Å². The van der Waals surface area contributed by atoms with Gasteiger partial charge in [-0.3, -0.25) is 14.2 Å². The van der Waals surface area contributed by atoms with Gasteiger partial charge in [0.1, 0.15) is 22.2 Å².